The molecule has 3 heterocycles. The Morgan fingerprint density at radius 3 is 2.61 bits per heavy atom. The molecule has 2 aliphatic carbocycles. The van der Waals surface area contributed by atoms with Gasteiger partial charge in [-0.2, -0.15) is 0 Å². The van der Waals surface area contributed by atoms with Crippen LogP contribution in [0.5, 0.6) is 0 Å². The average molecular weight is 490 g/mol. The average Bonchev–Trinajstić information content (AvgIpc) is 3.70. The van der Waals surface area contributed by atoms with Gasteiger partial charge in [0.2, 0.25) is 5.43 Å². The number of nitrogens with two attached hydrogens (primary N) is 1. The molecule has 3 N–H and O–H groups in total. The van der Waals surface area contributed by atoms with Crippen molar-refractivity contribution in [2.45, 2.75) is 69.6 Å². The van der Waals surface area contributed by atoms with Crippen molar-refractivity contribution < 1.29 is 14.3 Å². The molecule has 7 heteroatoms. The molecule has 188 valence electrons. The first-order valence-corrected chi connectivity index (χ1v) is 13.1. The number of carbonyl (C=O) groups is 1. The second kappa shape index (κ2) is 8.44. The van der Waals surface area contributed by atoms with Gasteiger partial charge in [0.1, 0.15) is 11.4 Å². The van der Waals surface area contributed by atoms with E-state index in [-0.39, 0.29) is 29.0 Å². The first-order valence-electron chi connectivity index (χ1n) is 13.1. The third-order valence-corrected chi connectivity index (χ3v) is 8.81. The van der Waals surface area contributed by atoms with Crippen LogP contribution in [0.25, 0.3) is 10.9 Å². The Balaban J connectivity index is 1.51. The highest BCUT2D eigenvalue weighted by atomic mass is 19.1. The first kappa shape index (κ1) is 23.2. The van der Waals surface area contributed by atoms with Gasteiger partial charge in [0.05, 0.1) is 16.9 Å². The summed E-state index contributed by atoms with van der Waals surface area (Å²) < 4.78 is 17.8. The van der Waals surface area contributed by atoms with E-state index in [9.17, 15) is 14.7 Å². The zero-order chi connectivity index (χ0) is 25.2. The van der Waals surface area contributed by atoms with Crippen LogP contribution in [0.15, 0.2) is 53.5 Å². The molecule has 1 aromatic heterocycles. The standard InChI is InChI=1S/C29H32FN3O3/c1-2-24-18-10-11-29(31,19(13-18)12-17-6-4-3-5-7-17)33(24)26-15-25-21(14-23(26)30)27(34)22(28(35)36)16-32(25)20-8-9-20/h3-7,14-16,18-20,24H,2,8-13,31H2,1H3,(H,35,36). The summed E-state index contributed by atoms with van der Waals surface area (Å²) >= 11 is 0. The number of fused-ring (bicyclic) bond motifs is 4. The predicted molar refractivity (Wildman–Crippen MR) is 138 cm³/mol. The van der Waals surface area contributed by atoms with Crippen molar-refractivity contribution >= 4 is 22.6 Å². The van der Waals surface area contributed by atoms with Crippen LogP contribution in [0.3, 0.4) is 0 Å². The number of nitrogens with zero attached hydrogens (tertiary/aromatic N) is 2. The highest BCUT2D eigenvalue weighted by Crippen LogP contribution is 2.52. The SMILES string of the molecule is CCC1C2CCC(N)(C(Cc3ccccc3)C2)N1c1cc2c(cc1F)c(=O)c(C(=O)O)cn2C1CC1. The molecular formula is C29H32FN3O3. The molecule has 2 aromatic carbocycles. The number of hydrogen-bond acceptors (Lipinski definition) is 4. The summed E-state index contributed by atoms with van der Waals surface area (Å²) in [6.07, 6.45) is 7.78. The van der Waals surface area contributed by atoms with Crippen LogP contribution < -0.4 is 16.1 Å². The quantitative estimate of drug-likeness (QED) is 0.504. The molecule has 6 nitrogen and oxygen atoms in total. The Morgan fingerprint density at radius 2 is 1.94 bits per heavy atom. The number of carboxylic acid groups (broad SMARTS) is 1. The third-order valence-electron chi connectivity index (χ3n) is 8.81. The van der Waals surface area contributed by atoms with Crippen molar-refractivity contribution in [1.82, 2.24) is 4.57 Å². The molecule has 3 aromatic rings. The number of pyridine rings is 1. The lowest BCUT2D eigenvalue weighted by molar-refractivity contribution is 0.0490. The third kappa shape index (κ3) is 3.55. The van der Waals surface area contributed by atoms with Gasteiger partial charge >= 0.3 is 5.97 Å². The van der Waals surface area contributed by atoms with Crippen LogP contribution >= 0.6 is 0 Å². The number of benzene rings is 2. The van der Waals surface area contributed by atoms with Gasteiger partial charge in [0.25, 0.3) is 0 Å². The maximum atomic E-state index is 15.9. The monoisotopic (exact) mass is 489 g/mol. The normalized spacial score (nSPS) is 27.5. The van der Waals surface area contributed by atoms with E-state index in [1.54, 1.807) is 6.07 Å². The molecular weight excluding hydrogens is 457 g/mol. The van der Waals surface area contributed by atoms with Crippen molar-refractivity contribution in [2.24, 2.45) is 17.6 Å². The summed E-state index contributed by atoms with van der Waals surface area (Å²) in [5.74, 6) is -1.20. The number of halogens is 1. The van der Waals surface area contributed by atoms with Gasteiger partial charge in [-0.15, -0.1) is 0 Å². The molecule has 36 heavy (non-hydrogen) atoms. The molecule has 4 atom stereocenters. The molecule has 2 bridgehead atoms. The number of anilines is 1. The Labute approximate surface area is 209 Å². The zero-order valence-electron chi connectivity index (χ0n) is 20.5. The number of aromatic carboxylic acids is 1. The van der Waals surface area contributed by atoms with Gasteiger partial charge in [-0.05, 0) is 74.5 Å². The maximum Gasteiger partial charge on any atom is 0.341 e. The highest BCUT2D eigenvalue weighted by molar-refractivity contribution is 5.93. The Kier molecular flexibility index (Phi) is 5.45. The van der Waals surface area contributed by atoms with E-state index in [1.807, 2.05) is 22.8 Å². The molecule has 0 radical (unpaired) electrons. The molecule has 2 aliphatic heterocycles. The van der Waals surface area contributed by atoms with E-state index in [0.717, 1.165) is 44.9 Å². The number of rotatable bonds is 6. The number of piperidine rings is 2. The fourth-order valence-electron chi connectivity index (χ4n) is 6.92. The first-order chi connectivity index (χ1) is 17.3. The van der Waals surface area contributed by atoms with Crippen LogP contribution in [-0.4, -0.2) is 27.3 Å². The number of aromatic nitrogens is 1. The summed E-state index contributed by atoms with van der Waals surface area (Å²) in [6.45, 7) is 2.13. The van der Waals surface area contributed by atoms with E-state index in [1.165, 1.54) is 17.8 Å². The lowest BCUT2D eigenvalue weighted by atomic mass is 9.63. The summed E-state index contributed by atoms with van der Waals surface area (Å²) in [7, 11) is 0. The molecule has 7 rings (SSSR count). The van der Waals surface area contributed by atoms with Crippen molar-refractivity contribution in [2.75, 3.05) is 4.90 Å². The van der Waals surface area contributed by atoms with Crippen molar-refractivity contribution in [3.05, 3.63) is 75.8 Å². The fourth-order valence-corrected chi connectivity index (χ4v) is 6.92. The van der Waals surface area contributed by atoms with Crippen LogP contribution in [0.1, 0.15) is 67.4 Å². The summed E-state index contributed by atoms with van der Waals surface area (Å²) in [5, 5.41) is 9.69. The van der Waals surface area contributed by atoms with Crippen LogP contribution in [-0.2, 0) is 6.42 Å². The van der Waals surface area contributed by atoms with E-state index in [0.29, 0.717) is 17.1 Å². The lowest BCUT2D eigenvalue weighted by Gasteiger charge is -2.62. The topological polar surface area (TPSA) is 88.6 Å². The molecule has 0 amide bonds. The van der Waals surface area contributed by atoms with Crippen LogP contribution in [0, 0.1) is 17.7 Å². The van der Waals surface area contributed by atoms with Crippen molar-refractivity contribution in [3.63, 3.8) is 0 Å². The van der Waals surface area contributed by atoms with Gasteiger partial charge in [-0.3, -0.25) is 4.79 Å². The zero-order valence-corrected chi connectivity index (χ0v) is 20.5. The Hall–Kier alpha value is -3.19. The molecule has 4 unspecified atom stereocenters. The van der Waals surface area contributed by atoms with E-state index >= 15 is 4.39 Å². The van der Waals surface area contributed by atoms with Gasteiger partial charge in [-0.25, -0.2) is 9.18 Å². The molecule has 4 aliphatic rings. The lowest BCUT2D eigenvalue weighted by Crippen LogP contribution is -2.73. The number of hydrogen-bond donors (Lipinski definition) is 2. The van der Waals surface area contributed by atoms with Gasteiger partial charge < -0.3 is 20.3 Å². The second-order valence-electron chi connectivity index (χ2n) is 10.9. The molecule has 4 fully saturated rings. The van der Waals surface area contributed by atoms with Gasteiger partial charge in [0.15, 0.2) is 0 Å². The van der Waals surface area contributed by atoms with Crippen molar-refractivity contribution in [3.8, 4) is 0 Å². The van der Waals surface area contributed by atoms with E-state index in [2.05, 4.69) is 24.0 Å². The molecule has 2 saturated heterocycles. The summed E-state index contributed by atoms with van der Waals surface area (Å²) in [5.41, 5.74) is 7.84. The van der Waals surface area contributed by atoms with Gasteiger partial charge in [-0.1, -0.05) is 37.3 Å². The minimum Gasteiger partial charge on any atom is -0.477 e. The Morgan fingerprint density at radius 1 is 1.19 bits per heavy atom. The Bertz CT molecular complexity index is 1400. The molecule has 0 spiro atoms. The van der Waals surface area contributed by atoms with Crippen LogP contribution in [0.4, 0.5) is 10.1 Å². The minimum atomic E-state index is -1.29. The smallest absolute Gasteiger partial charge is 0.341 e. The second-order valence-corrected chi connectivity index (χ2v) is 10.9. The summed E-state index contributed by atoms with van der Waals surface area (Å²) in [6, 6.07) is 13.6. The minimum absolute atomic E-state index is 0.113. The van der Waals surface area contributed by atoms with Crippen LogP contribution in [0.2, 0.25) is 0 Å². The summed E-state index contributed by atoms with van der Waals surface area (Å²) in [4.78, 5) is 26.8. The molecule has 2 saturated carbocycles. The van der Waals surface area contributed by atoms with Gasteiger partial charge in [0, 0.05) is 23.7 Å². The van der Waals surface area contributed by atoms with E-state index in [4.69, 9.17) is 5.73 Å². The predicted octanol–water partition coefficient (Wildman–Crippen LogP) is 5.09. The largest absolute Gasteiger partial charge is 0.477 e. The fraction of sp³-hybridized carbons (Fsp3) is 0.448. The van der Waals surface area contributed by atoms with E-state index < -0.39 is 22.9 Å². The number of carboxylic acids is 1. The van der Waals surface area contributed by atoms with Crippen molar-refractivity contribution in [1.29, 1.82) is 0 Å². The highest BCUT2D eigenvalue weighted by Gasteiger charge is 2.55. The maximum absolute atomic E-state index is 15.9.